The average molecular weight is 329 g/mol. The highest BCUT2D eigenvalue weighted by molar-refractivity contribution is 7.46. The van der Waals surface area contributed by atoms with Crippen LogP contribution >= 0.6 is 7.82 Å². The Kier molecular flexibility index (Phi) is 5.58. The number of para-hydroxylation sites is 1. The minimum atomic E-state index is -4.87. The molecule has 0 spiro atoms. The molecule has 1 aliphatic carbocycles. The summed E-state index contributed by atoms with van der Waals surface area (Å²) < 4.78 is 15.0. The van der Waals surface area contributed by atoms with Crippen LogP contribution in [-0.2, 0) is 18.7 Å². The van der Waals surface area contributed by atoms with Gasteiger partial charge < -0.3 is 4.52 Å². The molecular formula is C14H20NO6P. The van der Waals surface area contributed by atoms with Gasteiger partial charge in [0, 0.05) is 0 Å². The number of anilines is 1. The van der Waals surface area contributed by atoms with Crippen LogP contribution in [0, 0.1) is 5.92 Å². The SMILES string of the molecule is C[C@@H](C(=O)OP(=O)(O)O)N(OCC1CCC1)c1ccccc1. The summed E-state index contributed by atoms with van der Waals surface area (Å²) in [6, 6.07) is 7.93. The Bertz CT molecular complexity index is 542. The fourth-order valence-corrected chi connectivity index (χ4v) is 2.51. The number of phosphoric acid groups is 1. The first-order valence-corrected chi connectivity index (χ1v) is 8.66. The highest BCUT2D eigenvalue weighted by Crippen LogP contribution is 2.37. The van der Waals surface area contributed by atoms with E-state index >= 15 is 0 Å². The molecule has 1 aromatic rings. The molecule has 0 saturated heterocycles. The molecule has 0 amide bonds. The van der Waals surface area contributed by atoms with Crippen LogP contribution in [0.15, 0.2) is 30.3 Å². The van der Waals surface area contributed by atoms with Crippen LogP contribution in [0.25, 0.3) is 0 Å². The topological polar surface area (TPSA) is 96.3 Å². The number of rotatable bonds is 7. The van der Waals surface area contributed by atoms with Crippen molar-refractivity contribution < 1.29 is 28.5 Å². The first-order chi connectivity index (χ1) is 10.4. The van der Waals surface area contributed by atoms with E-state index in [4.69, 9.17) is 14.6 Å². The van der Waals surface area contributed by atoms with Crippen LogP contribution in [0.5, 0.6) is 0 Å². The van der Waals surface area contributed by atoms with Gasteiger partial charge in [-0.3, -0.25) is 14.6 Å². The summed E-state index contributed by atoms with van der Waals surface area (Å²) in [5.74, 6) is -0.581. The Morgan fingerprint density at radius 2 is 2.00 bits per heavy atom. The van der Waals surface area contributed by atoms with Gasteiger partial charge in [-0.15, -0.1) is 0 Å². The fraction of sp³-hybridized carbons (Fsp3) is 0.500. The predicted molar refractivity (Wildman–Crippen MR) is 79.8 cm³/mol. The van der Waals surface area contributed by atoms with Crippen LogP contribution in [0.4, 0.5) is 5.69 Å². The Balaban J connectivity index is 2.08. The van der Waals surface area contributed by atoms with Gasteiger partial charge in [0.05, 0.1) is 12.3 Å². The van der Waals surface area contributed by atoms with Crippen molar-refractivity contribution in [1.29, 1.82) is 0 Å². The van der Waals surface area contributed by atoms with E-state index < -0.39 is 19.8 Å². The molecule has 122 valence electrons. The number of benzene rings is 1. The van der Waals surface area contributed by atoms with Crippen molar-refractivity contribution in [3.63, 3.8) is 0 Å². The molecule has 1 aliphatic rings. The summed E-state index contributed by atoms with van der Waals surface area (Å²) in [5.41, 5.74) is 0.622. The molecule has 0 aliphatic heterocycles. The second kappa shape index (κ2) is 7.24. The fourth-order valence-electron chi connectivity index (χ4n) is 2.12. The van der Waals surface area contributed by atoms with Gasteiger partial charge in [-0.05, 0) is 37.8 Å². The standard InChI is InChI=1S/C14H20NO6P/c1-11(14(16)21-22(17,18)19)15(13-8-3-2-4-9-13)20-10-12-6-5-7-12/h2-4,8-9,11-12H,5-7,10H2,1H3,(H2,17,18,19)/t11-/m0/s1. The van der Waals surface area contributed by atoms with Gasteiger partial charge in [0.1, 0.15) is 0 Å². The van der Waals surface area contributed by atoms with E-state index in [2.05, 4.69) is 4.52 Å². The average Bonchev–Trinajstić information content (AvgIpc) is 2.40. The highest BCUT2D eigenvalue weighted by Gasteiger charge is 2.31. The molecule has 0 heterocycles. The van der Waals surface area contributed by atoms with E-state index in [-0.39, 0.29) is 0 Å². The predicted octanol–water partition coefficient (Wildman–Crippen LogP) is 2.25. The maximum Gasteiger partial charge on any atom is 0.527 e. The molecule has 0 radical (unpaired) electrons. The Morgan fingerprint density at radius 1 is 1.36 bits per heavy atom. The Hall–Kier alpha value is -1.40. The Morgan fingerprint density at radius 3 is 2.50 bits per heavy atom. The zero-order chi connectivity index (χ0) is 16.2. The van der Waals surface area contributed by atoms with Crippen LogP contribution < -0.4 is 5.06 Å². The minimum Gasteiger partial charge on any atom is -0.369 e. The smallest absolute Gasteiger partial charge is 0.369 e. The van der Waals surface area contributed by atoms with Crippen molar-refractivity contribution in [2.24, 2.45) is 5.92 Å². The van der Waals surface area contributed by atoms with Crippen LogP contribution in [0.2, 0.25) is 0 Å². The third-order valence-corrected chi connectivity index (χ3v) is 4.00. The molecule has 8 heteroatoms. The van der Waals surface area contributed by atoms with Gasteiger partial charge in [-0.25, -0.2) is 14.4 Å². The molecule has 2 N–H and O–H groups in total. The lowest BCUT2D eigenvalue weighted by Crippen LogP contribution is -2.41. The van der Waals surface area contributed by atoms with E-state index in [9.17, 15) is 9.36 Å². The number of hydrogen-bond acceptors (Lipinski definition) is 5. The number of nitrogens with zero attached hydrogens (tertiary/aromatic N) is 1. The van der Waals surface area contributed by atoms with Crippen molar-refractivity contribution in [1.82, 2.24) is 0 Å². The van der Waals surface area contributed by atoms with E-state index in [0.29, 0.717) is 18.2 Å². The molecule has 1 saturated carbocycles. The lowest BCUT2D eigenvalue weighted by Gasteiger charge is -2.32. The van der Waals surface area contributed by atoms with E-state index in [1.165, 1.54) is 18.4 Å². The third kappa shape index (κ3) is 4.81. The highest BCUT2D eigenvalue weighted by atomic mass is 31.2. The molecule has 1 fully saturated rings. The maximum absolute atomic E-state index is 11.9. The van der Waals surface area contributed by atoms with Gasteiger partial charge in [0.25, 0.3) is 0 Å². The summed E-state index contributed by atoms with van der Waals surface area (Å²) in [5, 5.41) is 1.34. The number of phosphoric ester groups is 1. The molecule has 22 heavy (non-hydrogen) atoms. The zero-order valence-corrected chi connectivity index (χ0v) is 13.2. The number of hydroxylamine groups is 1. The van der Waals surface area contributed by atoms with E-state index in [0.717, 1.165) is 12.8 Å². The summed E-state index contributed by atoms with van der Waals surface area (Å²) >= 11 is 0. The first kappa shape index (κ1) is 17.0. The van der Waals surface area contributed by atoms with Gasteiger partial charge >= 0.3 is 13.8 Å². The van der Waals surface area contributed by atoms with Crippen molar-refractivity contribution >= 4 is 19.5 Å². The summed E-state index contributed by atoms with van der Waals surface area (Å²) in [6.45, 7) is 1.94. The van der Waals surface area contributed by atoms with E-state index in [1.54, 1.807) is 24.3 Å². The molecule has 0 aromatic heterocycles. The number of hydrogen-bond donors (Lipinski definition) is 2. The van der Waals surface area contributed by atoms with Crippen LogP contribution in [0.3, 0.4) is 0 Å². The van der Waals surface area contributed by atoms with Crippen molar-refractivity contribution in [2.45, 2.75) is 32.2 Å². The molecular weight excluding hydrogens is 309 g/mol. The minimum absolute atomic E-state index is 0.455. The van der Waals surface area contributed by atoms with Crippen LogP contribution in [0.1, 0.15) is 26.2 Å². The molecule has 0 unspecified atom stereocenters. The lowest BCUT2D eigenvalue weighted by atomic mass is 9.86. The summed E-state index contributed by atoms with van der Waals surface area (Å²) in [7, 11) is -4.87. The van der Waals surface area contributed by atoms with Gasteiger partial charge in [-0.1, -0.05) is 24.6 Å². The number of carbonyl (C=O) groups excluding carboxylic acids is 1. The molecule has 0 bridgehead atoms. The van der Waals surface area contributed by atoms with E-state index in [1.807, 2.05) is 6.07 Å². The second-order valence-electron chi connectivity index (χ2n) is 5.33. The number of carbonyl (C=O) groups is 1. The van der Waals surface area contributed by atoms with Crippen molar-refractivity contribution in [3.05, 3.63) is 30.3 Å². The van der Waals surface area contributed by atoms with Gasteiger partial charge in [0.15, 0.2) is 6.04 Å². The van der Waals surface area contributed by atoms with Gasteiger partial charge in [-0.2, -0.15) is 0 Å². The second-order valence-corrected chi connectivity index (χ2v) is 6.49. The normalized spacial score (nSPS) is 16.7. The van der Waals surface area contributed by atoms with Crippen molar-refractivity contribution in [3.8, 4) is 0 Å². The molecule has 2 rings (SSSR count). The lowest BCUT2D eigenvalue weighted by molar-refractivity contribution is -0.139. The van der Waals surface area contributed by atoms with Gasteiger partial charge in [0.2, 0.25) is 0 Å². The monoisotopic (exact) mass is 329 g/mol. The zero-order valence-electron chi connectivity index (χ0n) is 12.3. The molecule has 7 nitrogen and oxygen atoms in total. The van der Waals surface area contributed by atoms with Crippen molar-refractivity contribution in [2.75, 3.05) is 11.7 Å². The first-order valence-electron chi connectivity index (χ1n) is 7.13. The largest absolute Gasteiger partial charge is 0.527 e. The molecule has 1 atom stereocenters. The quantitative estimate of drug-likeness (QED) is 0.585. The maximum atomic E-state index is 11.9. The third-order valence-electron chi connectivity index (χ3n) is 3.59. The van der Waals surface area contributed by atoms with Crippen LogP contribution in [-0.4, -0.2) is 28.4 Å². The Labute approximate surface area is 129 Å². The summed E-state index contributed by atoms with van der Waals surface area (Å²) in [6.07, 6.45) is 3.35. The summed E-state index contributed by atoms with van der Waals surface area (Å²) in [4.78, 5) is 35.1. The molecule has 1 aromatic carbocycles.